The first-order valence-corrected chi connectivity index (χ1v) is 8.59. The zero-order valence-electron chi connectivity index (χ0n) is 15.5. The highest BCUT2D eigenvalue weighted by Gasteiger charge is 2.27. The Hall–Kier alpha value is -3.53. The number of aromatic nitrogens is 1. The lowest BCUT2D eigenvalue weighted by molar-refractivity contribution is 0.0109. The topological polar surface area (TPSA) is 105 Å². The molecule has 2 aromatic rings. The summed E-state index contributed by atoms with van der Waals surface area (Å²) in [5.74, 6) is 0. The average molecular weight is 387 g/mol. The molecule has 1 aromatic heterocycles. The number of carbonyl (C=O) groups is 2. The lowest BCUT2D eigenvalue weighted by Gasteiger charge is -2.22. The van der Waals surface area contributed by atoms with Crippen LogP contribution in [-0.4, -0.2) is 43.1 Å². The summed E-state index contributed by atoms with van der Waals surface area (Å²) in [6.07, 6.45) is 2.30. The maximum Gasteiger partial charge on any atom is 0.534 e. The van der Waals surface area contributed by atoms with E-state index in [1.807, 2.05) is 24.3 Å². The standard InChI is InChI=1S/C18H21N5O5/c1-19-17(24)27-12-14-11-20-9-7-13(14)8-10-26-18(25)28-23-16-6-4-3-5-15(16)21-22(23)2/h3-7,9,11,21H,8,10,12H2,1-2H3,(H,19,24). The number of hydrogen-bond donors (Lipinski definition) is 2. The highest BCUT2D eigenvalue weighted by Crippen LogP contribution is 2.32. The third-order valence-corrected chi connectivity index (χ3v) is 3.98. The minimum Gasteiger partial charge on any atom is -0.445 e. The number of hydrazine groups is 2. The molecule has 1 aliphatic rings. The predicted molar refractivity (Wildman–Crippen MR) is 99.9 cm³/mol. The van der Waals surface area contributed by atoms with Crippen LogP contribution in [0.4, 0.5) is 21.0 Å². The second-order valence-corrected chi connectivity index (χ2v) is 5.84. The molecule has 0 aliphatic carbocycles. The molecule has 0 bridgehead atoms. The van der Waals surface area contributed by atoms with Crippen molar-refractivity contribution in [2.45, 2.75) is 13.0 Å². The Labute approximate surface area is 161 Å². The van der Waals surface area contributed by atoms with Crippen LogP contribution >= 0.6 is 0 Å². The number of fused-ring (bicyclic) bond motifs is 1. The summed E-state index contributed by atoms with van der Waals surface area (Å²) in [5.41, 5.74) is 6.15. The Morgan fingerprint density at radius 2 is 2.00 bits per heavy atom. The molecule has 3 rings (SSSR count). The third kappa shape index (κ3) is 4.60. The summed E-state index contributed by atoms with van der Waals surface area (Å²) in [6, 6.07) is 9.18. The van der Waals surface area contributed by atoms with Gasteiger partial charge in [0.15, 0.2) is 0 Å². The maximum absolute atomic E-state index is 12.1. The molecular weight excluding hydrogens is 366 g/mol. The molecule has 0 saturated carbocycles. The number of pyridine rings is 1. The number of amides is 1. The van der Waals surface area contributed by atoms with E-state index in [1.54, 1.807) is 25.5 Å². The molecule has 1 aliphatic heterocycles. The van der Waals surface area contributed by atoms with Gasteiger partial charge in [-0.25, -0.2) is 9.59 Å². The fourth-order valence-electron chi connectivity index (χ4n) is 2.61. The average Bonchev–Trinajstić information content (AvgIpc) is 3.02. The van der Waals surface area contributed by atoms with Gasteiger partial charge in [-0.1, -0.05) is 12.1 Å². The molecule has 10 nitrogen and oxygen atoms in total. The van der Waals surface area contributed by atoms with E-state index in [-0.39, 0.29) is 13.2 Å². The van der Waals surface area contributed by atoms with Gasteiger partial charge < -0.3 is 14.8 Å². The molecule has 10 heteroatoms. The van der Waals surface area contributed by atoms with Crippen LogP contribution in [0.2, 0.25) is 0 Å². The van der Waals surface area contributed by atoms with Crippen molar-refractivity contribution in [3.05, 3.63) is 53.9 Å². The van der Waals surface area contributed by atoms with E-state index in [2.05, 4.69) is 15.7 Å². The summed E-state index contributed by atoms with van der Waals surface area (Å²) < 4.78 is 10.2. The first-order valence-electron chi connectivity index (χ1n) is 8.59. The van der Waals surface area contributed by atoms with Gasteiger partial charge in [-0.05, 0) is 23.8 Å². The number of carbonyl (C=O) groups excluding carboxylic acids is 2. The fraction of sp³-hybridized carbons (Fsp3) is 0.278. The second kappa shape index (κ2) is 8.91. The Kier molecular flexibility index (Phi) is 6.12. The van der Waals surface area contributed by atoms with E-state index in [1.165, 1.54) is 17.3 Å². The van der Waals surface area contributed by atoms with Crippen molar-refractivity contribution in [1.29, 1.82) is 0 Å². The fourth-order valence-corrected chi connectivity index (χ4v) is 2.61. The smallest absolute Gasteiger partial charge is 0.445 e. The van der Waals surface area contributed by atoms with E-state index in [9.17, 15) is 9.59 Å². The van der Waals surface area contributed by atoms with E-state index in [4.69, 9.17) is 14.3 Å². The summed E-state index contributed by atoms with van der Waals surface area (Å²) in [6.45, 7) is 0.177. The van der Waals surface area contributed by atoms with Gasteiger partial charge in [0, 0.05) is 38.5 Å². The van der Waals surface area contributed by atoms with Crippen LogP contribution in [0.15, 0.2) is 42.7 Å². The van der Waals surface area contributed by atoms with E-state index in [0.717, 1.165) is 16.8 Å². The molecule has 0 atom stereocenters. The summed E-state index contributed by atoms with van der Waals surface area (Å²) in [5, 5.41) is 5.22. The van der Waals surface area contributed by atoms with Gasteiger partial charge in [0.1, 0.15) is 12.3 Å². The predicted octanol–water partition coefficient (Wildman–Crippen LogP) is 2.24. The minimum absolute atomic E-state index is 0.0777. The molecular formula is C18H21N5O5. The van der Waals surface area contributed by atoms with Crippen molar-refractivity contribution in [3.8, 4) is 0 Å². The zero-order chi connectivity index (χ0) is 19.9. The Bertz CT molecular complexity index is 847. The molecule has 2 heterocycles. The van der Waals surface area contributed by atoms with Crippen LogP contribution in [-0.2, 0) is 27.3 Å². The van der Waals surface area contributed by atoms with Crippen molar-refractivity contribution in [2.24, 2.45) is 0 Å². The van der Waals surface area contributed by atoms with Gasteiger partial charge in [-0.15, -0.1) is 10.3 Å². The van der Waals surface area contributed by atoms with Gasteiger partial charge in [0.2, 0.25) is 0 Å². The van der Waals surface area contributed by atoms with Gasteiger partial charge in [0.25, 0.3) is 0 Å². The Balaban J connectivity index is 1.50. The Morgan fingerprint density at radius 3 is 2.82 bits per heavy atom. The minimum atomic E-state index is -0.831. The van der Waals surface area contributed by atoms with E-state index in [0.29, 0.717) is 12.1 Å². The molecule has 28 heavy (non-hydrogen) atoms. The normalized spacial score (nSPS) is 12.7. The number of alkyl carbamates (subject to hydrolysis) is 1. The van der Waals surface area contributed by atoms with Crippen LogP contribution < -0.4 is 15.9 Å². The molecule has 0 saturated heterocycles. The molecule has 1 amide bonds. The molecule has 0 fully saturated rings. The molecule has 0 radical (unpaired) electrons. The van der Waals surface area contributed by atoms with Gasteiger partial charge in [-0.3, -0.25) is 15.2 Å². The van der Waals surface area contributed by atoms with Gasteiger partial charge in [0.05, 0.1) is 12.3 Å². The number of para-hydroxylation sites is 2. The van der Waals surface area contributed by atoms with Crippen LogP contribution in [0.3, 0.4) is 0 Å². The maximum atomic E-state index is 12.1. The first kappa shape index (κ1) is 19.2. The highest BCUT2D eigenvalue weighted by molar-refractivity contribution is 5.73. The lowest BCUT2D eigenvalue weighted by atomic mass is 10.1. The van der Waals surface area contributed by atoms with Crippen LogP contribution in [0, 0.1) is 0 Å². The molecule has 0 unspecified atom stereocenters. The molecule has 0 spiro atoms. The number of nitrogens with one attached hydrogen (secondary N) is 2. The summed E-state index contributed by atoms with van der Waals surface area (Å²) >= 11 is 0. The van der Waals surface area contributed by atoms with Crippen molar-refractivity contribution >= 4 is 23.6 Å². The highest BCUT2D eigenvalue weighted by atomic mass is 16.8. The number of hydrogen-bond acceptors (Lipinski definition) is 9. The number of nitrogens with zero attached hydrogens (tertiary/aromatic N) is 3. The van der Waals surface area contributed by atoms with Crippen molar-refractivity contribution < 1.29 is 23.9 Å². The van der Waals surface area contributed by atoms with Crippen LogP contribution in [0.25, 0.3) is 0 Å². The van der Waals surface area contributed by atoms with E-state index < -0.39 is 12.2 Å². The number of rotatable bonds is 6. The second-order valence-electron chi connectivity index (χ2n) is 5.84. The monoisotopic (exact) mass is 387 g/mol. The lowest BCUT2D eigenvalue weighted by Crippen LogP contribution is -2.40. The largest absolute Gasteiger partial charge is 0.534 e. The number of benzene rings is 1. The molecule has 2 N–H and O–H groups in total. The quantitative estimate of drug-likeness (QED) is 0.722. The number of ether oxygens (including phenoxy) is 2. The van der Waals surface area contributed by atoms with Crippen molar-refractivity contribution in [1.82, 2.24) is 15.4 Å². The SMILES string of the molecule is CNC(=O)OCc1cnccc1CCOC(=O)ON1c2ccccc2NN1C. The van der Waals surface area contributed by atoms with Gasteiger partial charge in [-0.2, -0.15) is 0 Å². The van der Waals surface area contributed by atoms with E-state index >= 15 is 0 Å². The van der Waals surface area contributed by atoms with Crippen LogP contribution in [0.5, 0.6) is 0 Å². The zero-order valence-corrected chi connectivity index (χ0v) is 15.5. The first-order chi connectivity index (χ1) is 13.6. The number of anilines is 2. The van der Waals surface area contributed by atoms with Crippen molar-refractivity contribution in [2.75, 3.05) is 31.3 Å². The Morgan fingerprint density at radius 1 is 1.18 bits per heavy atom. The summed E-state index contributed by atoms with van der Waals surface area (Å²) in [7, 11) is 3.20. The van der Waals surface area contributed by atoms with Gasteiger partial charge >= 0.3 is 12.2 Å². The third-order valence-electron chi connectivity index (χ3n) is 3.98. The van der Waals surface area contributed by atoms with Crippen LogP contribution in [0.1, 0.15) is 11.1 Å². The summed E-state index contributed by atoms with van der Waals surface area (Å²) in [4.78, 5) is 32.6. The molecule has 148 valence electrons. The van der Waals surface area contributed by atoms with Crippen molar-refractivity contribution in [3.63, 3.8) is 0 Å². The molecule has 1 aromatic carbocycles.